The second-order valence-electron chi connectivity index (χ2n) is 7.12. The standard InChI is InChI=1S/C21H25N5/c1-15-16(2)21(25-24-19(15)14-17-6-4-3-5-7-17)26-12-8-18(9-13-26)20-22-10-11-23-20/h3-7,10-11,18H,8-9,12-14H2,1-2H3,(H,22,23). The second kappa shape index (κ2) is 7.28. The van der Waals surface area contributed by atoms with Crippen molar-refractivity contribution in [2.75, 3.05) is 18.0 Å². The van der Waals surface area contributed by atoms with Crippen LogP contribution in [0.15, 0.2) is 42.7 Å². The molecule has 0 aliphatic carbocycles. The molecule has 5 nitrogen and oxygen atoms in total. The molecule has 0 unspecified atom stereocenters. The van der Waals surface area contributed by atoms with Crippen molar-refractivity contribution in [2.24, 2.45) is 0 Å². The molecule has 26 heavy (non-hydrogen) atoms. The van der Waals surface area contributed by atoms with Crippen molar-refractivity contribution in [1.82, 2.24) is 20.2 Å². The minimum absolute atomic E-state index is 0.521. The van der Waals surface area contributed by atoms with Gasteiger partial charge in [-0.25, -0.2) is 4.98 Å². The quantitative estimate of drug-likeness (QED) is 0.780. The van der Waals surface area contributed by atoms with Gasteiger partial charge in [0.25, 0.3) is 0 Å². The topological polar surface area (TPSA) is 57.7 Å². The Hall–Kier alpha value is -2.69. The molecule has 3 heterocycles. The predicted octanol–water partition coefficient (Wildman–Crippen LogP) is 3.79. The van der Waals surface area contributed by atoms with Crippen LogP contribution in [0.2, 0.25) is 0 Å². The Bertz CT molecular complexity index is 850. The van der Waals surface area contributed by atoms with Crippen LogP contribution in [0.5, 0.6) is 0 Å². The van der Waals surface area contributed by atoms with Crippen LogP contribution in [0.4, 0.5) is 5.82 Å². The van der Waals surface area contributed by atoms with Gasteiger partial charge in [0.05, 0.1) is 5.69 Å². The highest BCUT2D eigenvalue weighted by Crippen LogP contribution is 2.30. The van der Waals surface area contributed by atoms with Gasteiger partial charge in [0, 0.05) is 37.8 Å². The van der Waals surface area contributed by atoms with Gasteiger partial charge in [-0.15, -0.1) is 5.10 Å². The number of aromatic amines is 1. The zero-order chi connectivity index (χ0) is 17.9. The molecule has 1 N–H and O–H groups in total. The SMILES string of the molecule is Cc1c(Cc2ccccc2)nnc(N2CCC(c3ncc[nH]3)CC2)c1C. The summed E-state index contributed by atoms with van der Waals surface area (Å²) in [5, 5.41) is 9.17. The van der Waals surface area contributed by atoms with Crippen LogP contribution in [0.1, 0.15) is 47.0 Å². The monoisotopic (exact) mass is 347 g/mol. The molecule has 0 saturated carbocycles. The first-order valence-electron chi connectivity index (χ1n) is 9.33. The van der Waals surface area contributed by atoms with E-state index in [2.05, 4.69) is 63.2 Å². The lowest BCUT2D eigenvalue weighted by molar-refractivity contribution is 0.484. The number of hydrogen-bond acceptors (Lipinski definition) is 4. The zero-order valence-electron chi connectivity index (χ0n) is 15.4. The van der Waals surface area contributed by atoms with Gasteiger partial charge in [-0.05, 0) is 43.4 Å². The van der Waals surface area contributed by atoms with E-state index in [4.69, 9.17) is 0 Å². The minimum atomic E-state index is 0.521. The van der Waals surface area contributed by atoms with E-state index in [9.17, 15) is 0 Å². The fourth-order valence-electron chi connectivity index (χ4n) is 3.76. The van der Waals surface area contributed by atoms with E-state index in [0.29, 0.717) is 5.92 Å². The highest BCUT2D eigenvalue weighted by Gasteiger charge is 2.25. The summed E-state index contributed by atoms with van der Waals surface area (Å²) in [7, 11) is 0. The van der Waals surface area contributed by atoms with Crippen LogP contribution in [0.3, 0.4) is 0 Å². The highest BCUT2D eigenvalue weighted by atomic mass is 15.3. The van der Waals surface area contributed by atoms with Crippen molar-refractivity contribution in [2.45, 2.75) is 39.0 Å². The smallest absolute Gasteiger partial charge is 0.154 e. The van der Waals surface area contributed by atoms with Crippen LogP contribution in [0, 0.1) is 13.8 Å². The number of nitrogens with one attached hydrogen (secondary N) is 1. The number of aromatic nitrogens is 4. The summed E-state index contributed by atoms with van der Waals surface area (Å²) in [5.74, 6) is 2.67. The molecule has 0 radical (unpaired) electrons. The van der Waals surface area contributed by atoms with Crippen molar-refractivity contribution in [3.8, 4) is 0 Å². The fraction of sp³-hybridized carbons (Fsp3) is 0.381. The summed E-state index contributed by atoms with van der Waals surface area (Å²) in [6, 6.07) is 10.5. The molecule has 0 amide bonds. The molecule has 1 saturated heterocycles. The first kappa shape index (κ1) is 16.8. The summed E-state index contributed by atoms with van der Waals surface area (Å²) in [6.45, 7) is 6.34. The maximum atomic E-state index is 4.60. The fourth-order valence-corrected chi connectivity index (χ4v) is 3.76. The van der Waals surface area contributed by atoms with Crippen LogP contribution >= 0.6 is 0 Å². The Morgan fingerprint density at radius 3 is 2.50 bits per heavy atom. The molecule has 1 aliphatic heterocycles. The molecule has 4 rings (SSSR count). The molecule has 1 aliphatic rings. The Morgan fingerprint density at radius 2 is 1.81 bits per heavy atom. The zero-order valence-corrected chi connectivity index (χ0v) is 15.4. The van der Waals surface area contributed by atoms with Crippen molar-refractivity contribution in [3.63, 3.8) is 0 Å². The van der Waals surface area contributed by atoms with E-state index in [-0.39, 0.29) is 0 Å². The average Bonchev–Trinajstić information content (AvgIpc) is 3.22. The number of H-pyrrole nitrogens is 1. The molecule has 3 aromatic rings. The van der Waals surface area contributed by atoms with Gasteiger partial charge in [-0.1, -0.05) is 30.3 Å². The number of rotatable bonds is 4. The first-order valence-corrected chi connectivity index (χ1v) is 9.33. The second-order valence-corrected chi connectivity index (χ2v) is 7.12. The Balaban J connectivity index is 1.48. The summed E-state index contributed by atoms with van der Waals surface area (Å²) in [5.41, 5.74) is 4.86. The number of nitrogens with zero attached hydrogens (tertiary/aromatic N) is 4. The molecule has 1 fully saturated rings. The van der Waals surface area contributed by atoms with Crippen LogP contribution < -0.4 is 4.90 Å². The molecule has 0 atom stereocenters. The maximum absolute atomic E-state index is 4.60. The van der Waals surface area contributed by atoms with Crippen LogP contribution in [-0.2, 0) is 6.42 Å². The van der Waals surface area contributed by atoms with E-state index in [1.165, 1.54) is 16.7 Å². The van der Waals surface area contributed by atoms with Gasteiger partial charge in [0.15, 0.2) is 5.82 Å². The number of benzene rings is 1. The third-order valence-corrected chi connectivity index (χ3v) is 5.51. The van der Waals surface area contributed by atoms with Crippen LogP contribution in [-0.4, -0.2) is 33.3 Å². The van der Waals surface area contributed by atoms with Gasteiger partial charge in [-0.2, -0.15) is 5.10 Å². The predicted molar refractivity (Wildman–Crippen MR) is 104 cm³/mol. The number of imidazole rings is 1. The first-order chi connectivity index (χ1) is 12.7. The molecule has 1 aromatic carbocycles. The van der Waals surface area contributed by atoms with Gasteiger partial charge in [-0.3, -0.25) is 0 Å². The van der Waals surface area contributed by atoms with E-state index < -0.39 is 0 Å². The number of piperidine rings is 1. The third-order valence-electron chi connectivity index (χ3n) is 5.51. The summed E-state index contributed by atoms with van der Waals surface area (Å²) in [6.07, 6.45) is 6.78. The van der Waals surface area contributed by atoms with Gasteiger partial charge in [0.2, 0.25) is 0 Å². The summed E-state index contributed by atoms with van der Waals surface area (Å²) < 4.78 is 0. The van der Waals surface area contributed by atoms with Gasteiger partial charge >= 0.3 is 0 Å². The molecule has 2 aromatic heterocycles. The summed E-state index contributed by atoms with van der Waals surface area (Å²) >= 11 is 0. The molecule has 0 spiro atoms. The normalized spacial score (nSPS) is 15.4. The maximum Gasteiger partial charge on any atom is 0.154 e. The third kappa shape index (κ3) is 3.34. The lowest BCUT2D eigenvalue weighted by Crippen LogP contribution is -2.34. The molecule has 0 bridgehead atoms. The number of anilines is 1. The van der Waals surface area contributed by atoms with E-state index in [1.54, 1.807) is 0 Å². The van der Waals surface area contributed by atoms with E-state index >= 15 is 0 Å². The summed E-state index contributed by atoms with van der Waals surface area (Å²) in [4.78, 5) is 10.0. The highest BCUT2D eigenvalue weighted by molar-refractivity contribution is 5.51. The Kier molecular flexibility index (Phi) is 4.69. The lowest BCUT2D eigenvalue weighted by Gasteiger charge is -2.33. The van der Waals surface area contributed by atoms with E-state index in [0.717, 1.165) is 49.7 Å². The molecule has 5 heteroatoms. The molecular formula is C21H25N5. The van der Waals surface area contributed by atoms with Gasteiger partial charge in [0.1, 0.15) is 5.82 Å². The van der Waals surface area contributed by atoms with Crippen molar-refractivity contribution < 1.29 is 0 Å². The van der Waals surface area contributed by atoms with E-state index in [1.807, 2.05) is 18.5 Å². The van der Waals surface area contributed by atoms with Gasteiger partial charge < -0.3 is 9.88 Å². The minimum Gasteiger partial charge on any atom is -0.355 e. The number of hydrogen-bond donors (Lipinski definition) is 1. The van der Waals surface area contributed by atoms with Crippen molar-refractivity contribution >= 4 is 5.82 Å². The van der Waals surface area contributed by atoms with Crippen LogP contribution in [0.25, 0.3) is 0 Å². The average molecular weight is 347 g/mol. The van der Waals surface area contributed by atoms with Crippen molar-refractivity contribution in [3.05, 3.63) is 70.9 Å². The lowest BCUT2D eigenvalue weighted by atomic mass is 9.95. The Morgan fingerprint density at radius 1 is 1.04 bits per heavy atom. The Labute approximate surface area is 154 Å². The largest absolute Gasteiger partial charge is 0.355 e. The molecular weight excluding hydrogens is 322 g/mol. The van der Waals surface area contributed by atoms with Crippen molar-refractivity contribution in [1.29, 1.82) is 0 Å². The molecule has 134 valence electrons.